The van der Waals surface area contributed by atoms with Gasteiger partial charge in [-0.3, -0.25) is 9.63 Å². The second-order valence-electron chi connectivity index (χ2n) is 7.16. The van der Waals surface area contributed by atoms with E-state index < -0.39 is 15.7 Å². The molecular weight excluding hydrogens is 487 g/mol. The van der Waals surface area contributed by atoms with E-state index in [1.165, 1.54) is 19.2 Å². The zero-order valence-corrected chi connectivity index (χ0v) is 19.9. The van der Waals surface area contributed by atoms with Crippen LogP contribution in [0.5, 0.6) is 0 Å². The molecule has 0 bridgehead atoms. The lowest BCUT2D eigenvalue weighted by Gasteiger charge is -2.21. The maximum Gasteiger partial charge on any atom is 0.284 e. The van der Waals surface area contributed by atoms with E-state index >= 15 is 0 Å². The fourth-order valence-electron chi connectivity index (χ4n) is 3.33. The van der Waals surface area contributed by atoms with Gasteiger partial charge in [0.2, 0.25) is 5.95 Å². The molecule has 0 saturated carbocycles. The fraction of sp³-hybridized carbons (Fsp3) is 0.136. The minimum Gasteiger partial charge on any atom is -0.324 e. The number of allylic oxidation sites excluding steroid dienone is 1. The van der Waals surface area contributed by atoms with E-state index in [0.717, 1.165) is 11.3 Å². The number of sulfone groups is 1. The number of anilines is 3. The molecule has 0 unspecified atom stereocenters. The predicted octanol–water partition coefficient (Wildman–Crippen LogP) is 4.46. The molecule has 0 spiro atoms. The number of halogens is 2. The second-order valence-corrected chi connectivity index (χ2v) is 9.99. The van der Waals surface area contributed by atoms with Gasteiger partial charge in [0.1, 0.15) is 0 Å². The van der Waals surface area contributed by atoms with Crippen molar-refractivity contribution in [3.05, 3.63) is 75.9 Å². The van der Waals surface area contributed by atoms with Crippen LogP contribution in [-0.4, -0.2) is 37.7 Å². The van der Waals surface area contributed by atoms with Gasteiger partial charge < -0.3 is 5.32 Å². The third-order valence-corrected chi connectivity index (χ3v) is 6.69. The van der Waals surface area contributed by atoms with Crippen molar-refractivity contribution >= 4 is 62.0 Å². The van der Waals surface area contributed by atoms with Crippen LogP contribution in [0.4, 0.5) is 17.5 Å². The Balaban J connectivity index is 1.67. The average Bonchev–Trinajstić information content (AvgIpc) is 2.89. The lowest BCUT2D eigenvalue weighted by atomic mass is 10.0. The van der Waals surface area contributed by atoms with Gasteiger partial charge in [0, 0.05) is 34.8 Å². The number of nitrogens with zero attached hydrogens (tertiary/aromatic N) is 3. The normalized spacial score (nSPS) is 13.9. The maximum atomic E-state index is 13.3. The first-order chi connectivity index (χ1) is 15.7. The molecule has 0 fully saturated rings. The summed E-state index contributed by atoms with van der Waals surface area (Å²) in [5.74, 6) is -0.00878. The van der Waals surface area contributed by atoms with E-state index in [9.17, 15) is 13.2 Å². The standard InChI is InChI=1S/C22H18Cl2N4O4S/c1-32-28-20-13(6-11-16(21(28)29)19-17(23)4-3-5-18(19)24)12-25-22(27-20)26-14-7-9-15(10-8-14)33(2,30)31/h3-5,7-12H,6H2,1-2H3,(H,25,26,27). The van der Waals surface area contributed by atoms with Crippen LogP contribution in [0, 0.1) is 0 Å². The molecule has 0 saturated heterocycles. The van der Waals surface area contributed by atoms with Gasteiger partial charge in [-0.25, -0.2) is 13.4 Å². The summed E-state index contributed by atoms with van der Waals surface area (Å²) in [6, 6.07) is 11.2. The molecule has 1 aliphatic heterocycles. The van der Waals surface area contributed by atoms with Crippen LogP contribution in [0.2, 0.25) is 10.0 Å². The summed E-state index contributed by atoms with van der Waals surface area (Å²) in [6.07, 6.45) is 4.79. The van der Waals surface area contributed by atoms with Gasteiger partial charge >= 0.3 is 0 Å². The van der Waals surface area contributed by atoms with Gasteiger partial charge in [-0.05, 0) is 42.8 Å². The summed E-state index contributed by atoms with van der Waals surface area (Å²) >= 11 is 12.7. The number of aromatic nitrogens is 2. The highest BCUT2D eigenvalue weighted by Crippen LogP contribution is 2.36. The molecule has 0 aliphatic carbocycles. The number of nitrogens with one attached hydrogen (secondary N) is 1. The zero-order valence-electron chi connectivity index (χ0n) is 17.5. The summed E-state index contributed by atoms with van der Waals surface area (Å²) in [4.78, 5) is 27.7. The Hall–Kier alpha value is -2.98. The van der Waals surface area contributed by atoms with Crippen LogP contribution in [0.3, 0.4) is 0 Å². The summed E-state index contributed by atoms with van der Waals surface area (Å²) in [7, 11) is -1.94. The highest BCUT2D eigenvalue weighted by Gasteiger charge is 2.30. The lowest BCUT2D eigenvalue weighted by Crippen LogP contribution is -2.31. The first-order valence-corrected chi connectivity index (χ1v) is 12.3. The molecule has 2 heterocycles. The SMILES string of the molecule is CON1C(=O)C(c2c(Cl)cccc2Cl)=CCc2cnc(Nc3ccc(S(C)(=O)=O)cc3)nc21. The number of benzene rings is 2. The molecule has 1 N–H and O–H groups in total. The van der Waals surface area contributed by atoms with E-state index in [2.05, 4.69) is 15.3 Å². The van der Waals surface area contributed by atoms with Crippen molar-refractivity contribution in [3.8, 4) is 0 Å². The van der Waals surface area contributed by atoms with Crippen molar-refractivity contribution in [2.24, 2.45) is 0 Å². The van der Waals surface area contributed by atoms with Crippen molar-refractivity contribution in [1.82, 2.24) is 9.97 Å². The van der Waals surface area contributed by atoms with Gasteiger partial charge in [-0.1, -0.05) is 35.3 Å². The van der Waals surface area contributed by atoms with Crippen molar-refractivity contribution in [2.45, 2.75) is 11.3 Å². The minimum atomic E-state index is -3.30. The Morgan fingerprint density at radius 3 is 2.36 bits per heavy atom. The molecule has 170 valence electrons. The highest BCUT2D eigenvalue weighted by molar-refractivity contribution is 7.90. The van der Waals surface area contributed by atoms with Crippen LogP contribution in [-0.2, 0) is 25.9 Å². The Kier molecular flexibility index (Phi) is 6.40. The average molecular weight is 505 g/mol. The van der Waals surface area contributed by atoms with Crippen molar-refractivity contribution in [3.63, 3.8) is 0 Å². The number of hydrogen-bond acceptors (Lipinski definition) is 7. The third kappa shape index (κ3) is 4.72. The fourth-order valence-corrected chi connectivity index (χ4v) is 4.56. The lowest BCUT2D eigenvalue weighted by molar-refractivity contribution is -0.119. The van der Waals surface area contributed by atoms with Gasteiger partial charge in [-0.15, -0.1) is 0 Å². The molecule has 3 aromatic rings. The topological polar surface area (TPSA) is 101 Å². The van der Waals surface area contributed by atoms with Crippen LogP contribution in [0.25, 0.3) is 5.57 Å². The van der Waals surface area contributed by atoms with Crippen LogP contribution in [0.15, 0.2) is 59.6 Å². The van der Waals surface area contributed by atoms with E-state index in [1.54, 1.807) is 42.6 Å². The Bertz CT molecular complexity index is 1360. The highest BCUT2D eigenvalue weighted by atomic mass is 35.5. The molecule has 1 amide bonds. The molecule has 33 heavy (non-hydrogen) atoms. The largest absolute Gasteiger partial charge is 0.324 e. The molecule has 1 aromatic heterocycles. The van der Waals surface area contributed by atoms with Crippen molar-refractivity contribution in [1.29, 1.82) is 0 Å². The van der Waals surface area contributed by atoms with Crippen LogP contribution in [0.1, 0.15) is 11.1 Å². The minimum absolute atomic E-state index is 0.198. The quantitative estimate of drug-likeness (QED) is 0.546. The van der Waals surface area contributed by atoms with E-state index in [1.807, 2.05) is 0 Å². The number of carbonyl (C=O) groups is 1. The Labute approximate surface area is 200 Å². The Morgan fingerprint density at radius 1 is 1.09 bits per heavy atom. The monoisotopic (exact) mass is 504 g/mol. The number of rotatable bonds is 5. The molecule has 2 aromatic carbocycles. The number of fused-ring (bicyclic) bond motifs is 1. The van der Waals surface area contributed by atoms with Crippen molar-refractivity contribution < 1.29 is 18.0 Å². The summed E-state index contributed by atoms with van der Waals surface area (Å²) in [6.45, 7) is 0. The number of hydrogen-bond donors (Lipinski definition) is 1. The third-order valence-electron chi connectivity index (χ3n) is 4.93. The number of amides is 1. The molecule has 8 nitrogen and oxygen atoms in total. The predicted molar refractivity (Wildman–Crippen MR) is 128 cm³/mol. The number of carbonyl (C=O) groups excluding carboxylic acids is 1. The molecule has 0 radical (unpaired) electrons. The molecule has 1 aliphatic rings. The van der Waals surface area contributed by atoms with Gasteiger partial charge in [-0.2, -0.15) is 10.0 Å². The zero-order chi connectivity index (χ0) is 23.8. The van der Waals surface area contributed by atoms with Gasteiger partial charge in [0.25, 0.3) is 5.91 Å². The van der Waals surface area contributed by atoms with Gasteiger partial charge in [0.05, 0.1) is 22.1 Å². The summed E-state index contributed by atoms with van der Waals surface area (Å²) in [5.41, 5.74) is 1.93. The second kappa shape index (κ2) is 9.11. The first kappa shape index (κ1) is 23.2. The van der Waals surface area contributed by atoms with Gasteiger partial charge in [0.15, 0.2) is 15.7 Å². The Morgan fingerprint density at radius 2 is 1.76 bits per heavy atom. The van der Waals surface area contributed by atoms with E-state index in [4.69, 9.17) is 28.0 Å². The van der Waals surface area contributed by atoms with E-state index in [-0.39, 0.29) is 22.2 Å². The van der Waals surface area contributed by atoms with Crippen LogP contribution >= 0.6 is 23.2 Å². The molecule has 11 heteroatoms. The molecule has 0 atom stereocenters. The molecule has 4 rings (SSSR count). The van der Waals surface area contributed by atoms with Crippen LogP contribution < -0.4 is 10.4 Å². The molecular formula is C22H18Cl2N4O4S. The van der Waals surface area contributed by atoms with Crippen molar-refractivity contribution in [2.75, 3.05) is 23.7 Å². The summed E-state index contributed by atoms with van der Waals surface area (Å²) < 4.78 is 23.3. The smallest absolute Gasteiger partial charge is 0.284 e. The van der Waals surface area contributed by atoms with E-state index in [0.29, 0.717) is 33.3 Å². The number of hydroxylamine groups is 1. The summed E-state index contributed by atoms with van der Waals surface area (Å²) in [5, 5.41) is 4.75. The maximum absolute atomic E-state index is 13.3. The first-order valence-electron chi connectivity index (χ1n) is 9.65.